The topological polar surface area (TPSA) is 52.6 Å². The number of carbonyl (C=O) groups excluding carboxylic acids is 2. The van der Waals surface area contributed by atoms with Crippen molar-refractivity contribution < 1.29 is 19.1 Å². The van der Waals surface area contributed by atoms with Crippen LogP contribution in [0.1, 0.15) is 38.5 Å². The molecule has 1 aliphatic carbocycles. The van der Waals surface area contributed by atoms with E-state index >= 15 is 0 Å². The lowest BCUT2D eigenvalue weighted by Crippen LogP contribution is -2.25. The number of hydrogen-bond acceptors (Lipinski definition) is 4. The van der Waals surface area contributed by atoms with Gasteiger partial charge in [0.1, 0.15) is 0 Å². The minimum Gasteiger partial charge on any atom is -0.469 e. The molecule has 1 aliphatic rings. The van der Waals surface area contributed by atoms with Crippen molar-refractivity contribution in [1.29, 1.82) is 0 Å². The van der Waals surface area contributed by atoms with Crippen molar-refractivity contribution in [3.63, 3.8) is 0 Å². The van der Waals surface area contributed by atoms with Crippen LogP contribution in [0.15, 0.2) is 0 Å². The quantitative estimate of drug-likeness (QED) is 0.690. The summed E-state index contributed by atoms with van der Waals surface area (Å²) in [7, 11) is 2.81. The van der Waals surface area contributed by atoms with Crippen LogP contribution in [0, 0.1) is 11.8 Å². The van der Waals surface area contributed by atoms with Crippen molar-refractivity contribution in [3.05, 3.63) is 0 Å². The molecule has 2 unspecified atom stereocenters. The minimum absolute atomic E-state index is 0.179. The van der Waals surface area contributed by atoms with Gasteiger partial charge in [0.15, 0.2) is 0 Å². The second-order valence-corrected chi connectivity index (χ2v) is 4.37. The van der Waals surface area contributed by atoms with E-state index in [4.69, 9.17) is 0 Å². The molecule has 0 aromatic rings. The maximum atomic E-state index is 11.2. The Morgan fingerprint density at radius 1 is 0.938 bits per heavy atom. The predicted molar refractivity (Wildman–Crippen MR) is 58.7 cm³/mol. The van der Waals surface area contributed by atoms with Gasteiger partial charge in [0, 0.05) is 12.8 Å². The van der Waals surface area contributed by atoms with Gasteiger partial charge in [-0.1, -0.05) is 12.8 Å². The molecule has 0 bridgehead atoms. The summed E-state index contributed by atoms with van der Waals surface area (Å²) < 4.78 is 9.35. The third-order valence-corrected chi connectivity index (χ3v) is 3.38. The van der Waals surface area contributed by atoms with Gasteiger partial charge in [0.25, 0.3) is 0 Å². The van der Waals surface area contributed by atoms with E-state index in [2.05, 4.69) is 9.47 Å². The molecule has 2 atom stereocenters. The molecule has 0 amide bonds. The Balaban J connectivity index is 2.49. The largest absolute Gasteiger partial charge is 0.469 e. The number of carbonyl (C=O) groups is 2. The van der Waals surface area contributed by atoms with E-state index in [0.717, 1.165) is 25.7 Å². The van der Waals surface area contributed by atoms with Crippen molar-refractivity contribution in [2.24, 2.45) is 11.8 Å². The summed E-state index contributed by atoms with van der Waals surface area (Å²) in [6.45, 7) is 0. The van der Waals surface area contributed by atoms with Crippen molar-refractivity contribution >= 4 is 11.9 Å². The Morgan fingerprint density at radius 3 is 1.62 bits per heavy atom. The van der Waals surface area contributed by atoms with E-state index in [1.807, 2.05) is 0 Å². The van der Waals surface area contributed by atoms with Crippen molar-refractivity contribution in [3.8, 4) is 0 Å². The minimum atomic E-state index is -0.179. The number of esters is 2. The molecule has 1 fully saturated rings. The third kappa shape index (κ3) is 3.83. The Bertz CT molecular complexity index is 223. The molecule has 0 N–H and O–H groups in total. The molecule has 0 aromatic heterocycles. The van der Waals surface area contributed by atoms with Crippen LogP contribution in [0.25, 0.3) is 0 Å². The predicted octanol–water partition coefficient (Wildman–Crippen LogP) is 1.92. The molecule has 0 aromatic carbocycles. The monoisotopic (exact) mass is 228 g/mol. The van der Waals surface area contributed by atoms with Crippen LogP contribution < -0.4 is 0 Å². The van der Waals surface area contributed by atoms with E-state index in [0.29, 0.717) is 12.8 Å². The van der Waals surface area contributed by atoms with Gasteiger partial charge in [0.2, 0.25) is 0 Å². The zero-order chi connectivity index (χ0) is 12.0. The molecule has 1 rings (SSSR count). The molecule has 92 valence electrons. The Morgan fingerprint density at radius 2 is 1.31 bits per heavy atom. The summed E-state index contributed by atoms with van der Waals surface area (Å²) >= 11 is 0. The molecule has 0 heterocycles. The Kier molecular flexibility index (Phi) is 5.29. The van der Waals surface area contributed by atoms with Gasteiger partial charge >= 0.3 is 11.9 Å². The first kappa shape index (κ1) is 13.0. The summed E-state index contributed by atoms with van der Waals surface area (Å²) in [4.78, 5) is 22.5. The number of rotatable bonds is 4. The molecule has 0 aliphatic heterocycles. The van der Waals surface area contributed by atoms with Crippen molar-refractivity contribution in [2.75, 3.05) is 14.2 Å². The molecule has 16 heavy (non-hydrogen) atoms. The maximum Gasteiger partial charge on any atom is 0.305 e. The van der Waals surface area contributed by atoms with Crippen molar-refractivity contribution in [2.45, 2.75) is 38.5 Å². The highest BCUT2D eigenvalue weighted by atomic mass is 16.5. The summed E-state index contributed by atoms with van der Waals surface area (Å²) in [5.41, 5.74) is 0. The second-order valence-electron chi connectivity index (χ2n) is 4.37. The normalized spacial score (nSPS) is 24.9. The molecule has 0 radical (unpaired) electrons. The highest BCUT2D eigenvalue weighted by molar-refractivity contribution is 5.71. The summed E-state index contributed by atoms with van der Waals surface area (Å²) in [6, 6.07) is 0. The first-order valence-electron chi connectivity index (χ1n) is 5.81. The van der Waals surface area contributed by atoms with Crippen LogP contribution in [0.3, 0.4) is 0 Å². The average Bonchev–Trinajstić information content (AvgIpc) is 2.31. The molecule has 4 heteroatoms. The van der Waals surface area contributed by atoms with Crippen LogP contribution in [0.5, 0.6) is 0 Å². The van der Waals surface area contributed by atoms with Gasteiger partial charge in [-0.2, -0.15) is 0 Å². The standard InChI is InChI=1S/C12H20O4/c1-15-11(13)7-9-5-3-4-6-10(9)8-12(14)16-2/h9-10H,3-8H2,1-2H3. The molecule has 0 spiro atoms. The van der Waals surface area contributed by atoms with Gasteiger partial charge < -0.3 is 9.47 Å². The van der Waals surface area contributed by atoms with Crippen LogP contribution >= 0.6 is 0 Å². The van der Waals surface area contributed by atoms with Gasteiger partial charge in [-0.15, -0.1) is 0 Å². The third-order valence-electron chi connectivity index (χ3n) is 3.38. The molecule has 1 saturated carbocycles. The Hall–Kier alpha value is -1.06. The molecule has 0 saturated heterocycles. The first-order chi connectivity index (χ1) is 7.67. The number of ether oxygens (including phenoxy) is 2. The lowest BCUT2D eigenvalue weighted by Gasteiger charge is -2.30. The van der Waals surface area contributed by atoms with Crippen molar-refractivity contribution in [1.82, 2.24) is 0 Å². The van der Waals surface area contributed by atoms with E-state index in [-0.39, 0.29) is 23.8 Å². The fourth-order valence-electron chi connectivity index (χ4n) is 2.42. The Labute approximate surface area is 96.3 Å². The van der Waals surface area contributed by atoms with Gasteiger partial charge in [-0.3, -0.25) is 9.59 Å². The molecular weight excluding hydrogens is 208 g/mol. The second kappa shape index (κ2) is 6.51. The summed E-state index contributed by atoms with van der Waals surface area (Å²) in [6.07, 6.45) is 5.16. The smallest absolute Gasteiger partial charge is 0.305 e. The van der Waals surface area contributed by atoms with E-state index in [9.17, 15) is 9.59 Å². The number of methoxy groups -OCH3 is 2. The average molecular weight is 228 g/mol. The summed E-state index contributed by atoms with van der Waals surface area (Å²) in [5, 5.41) is 0. The van der Waals surface area contributed by atoms with Crippen LogP contribution in [0.4, 0.5) is 0 Å². The fraction of sp³-hybridized carbons (Fsp3) is 0.833. The molecule has 4 nitrogen and oxygen atoms in total. The SMILES string of the molecule is COC(=O)CC1CCCCC1CC(=O)OC. The van der Waals surface area contributed by atoms with Gasteiger partial charge in [-0.25, -0.2) is 0 Å². The number of hydrogen-bond donors (Lipinski definition) is 0. The van der Waals surface area contributed by atoms with Crippen LogP contribution in [0.2, 0.25) is 0 Å². The van der Waals surface area contributed by atoms with E-state index in [1.165, 1.54) is 14.2 Å². The van der Waals surface area contributed by atoms with Crippen LogP contribution in [-0.4, -0.2) is 26.2 Å². The van der Waals surface area contributed by atoms with Crippen LogP contribution in [-0.2, 0) is 19.1 Å². The highest BCUT2D eigenvalue weighted by Crippen LogP contribution is 2.34. The lowest BCUT2D eigenvalue weighted by molar-refractivity contribution is -0.146. The van der Waals surface area contributed by atoms with E-state index in [1.54, 1.807) is 0 Å². The zero-order valence-corrected chi connectivity index (χ0v) is 10.0. The highest BCUT2D eigenvalue weighted by Gasteiger charge is 2.29. The summed E-state index contributed by atoms with van der Waals surface area (Å²) in [5.74, 6) is 0.198. The fourth-order valence-corrected chi connectivity index (χ4v) is 2.42. The van der Waals surface area contributed by atoms with Gasteiger partial charge in [0.05, 0.1) is 14.2 Å². The maximum absolute atomic E-state index is 11.2. The molecular formula is C12H20O4. The zero-order valence-electron chi connectivity index (χ0n) is 10.0. The lowest BCUT2D eigenvalue weighted by atomic mass is 9.76. The van der Waals surface area contributed by atoms with E-state index < -0.39 is 0 Å². The van der Waals surface area contributed by atoms with Gasteiger partial charge in [-0.05, 0) is 24.7 Å². The first-order valence-corrected chi connectivity index (χ1v) is 5.81.